The Morgan fingerprint density at radius 1 is 0.750 bits per heavy atom. The third-order valence-corrected chi connectivity index (χ3v) is 20.3. The van der Waals surface area contributed by atoms with Crippen molar-refractivity contribution in [2.75, 3.05) is 30.3 Å². The third-order valence-electron chi connectivity index (χ3n) is 14.7. The first-order valence-electron chi connectivity index (χ1n) is 26.8. The van der Waals surface area contributed by atoms with Crippen LogP contribution in [0, 0.1) is 0 Å². The largest absolute Gasteiger partial charge is 0.425 e. The number of nitrogens with two attached hydrogens (primary N) is 1. The van der Waals surface area contributed by atoms with Crippen molar-refractivity contribution in [2.45, 2.75) is 116 Å². The summed E-state index contributed by atoms with van der Waals surface area (Å²) < 4.78 is 190. The molecule has 26 nitrogen and oxygen atoms in total. The Morgan fingerprint density at radius 3 is 2.02 bits per heavy atom. The highest BCUT2D eigenvalue weighted by Crippen LogP contribution is 2.52. The van der Waals surface area contributed by atoms with Gasteiger partial charge in [0.25, 0.3) is 56.4 Å². The number of pyridine rings is 1. The maximum Gasteiger partial charge on any atom is 0.425 e. The van der Waals surface area contributed by atoms with E-state index in [2.05, 4.69) is 20.1 Å². The summed E-state index contributed by atoms with van der Waals surface area (Å²) in [6, 6.07) is 16.1. The number of nitrogens with zero attached hydrogens (tertiary/aromatic N) is 5. The number of hydrogen-bond acceptors (Lipinski definition) is 20. The van der Waals surface area contributed by atoms with E-state index in [-0.39, 0.29) is 68.7 Å². The van der Waals surface area contributed by atoms with Gasteiger partial charge in [-0.3, -0.25) is 32.8 Å². The second-order valence-electron chi connectivity index (χ2n) is 21.6. The fourth-order valence-electron chi connectivity index (χ4n) is 10.8. The lowest BCUT2D eigenvalue weighted by Crippen LogP contribution is -2.28. The van der Waals surface area contributed by atoms with E-state index in [1.165, 1.54) is 30.5 Å². The number of allylic oxidation sites excluding steroid dienone is 6. The quantitative estimate of drug-likeness (QED) is 0.0163. The molecule has 0 saturated carbocycles. The minimum Gasteiger partial charge on any atom is -0.352 e. The van der Waals surface area contributed by atoms with Gasteiger partial charge in [0.1, 0.15) is 22.2 Å². The molecule has 0 radical (unpaired) electrons. The average molecular weight is 1350 g/mol. The number of Topliss-reactive ketones (excluding diaryl/α,β-unsaturated/α-hetero) is 1. The third kappa shape index (κ3) is 16.1. The van der Waals surface area contributed by atoms with Gasteiger partial charge in [0, 0.05) is 77.6 Å². The number of carbonyl (C=O) groups excluding carboxylic acids is 2. The van der Waals surface area contributed by atoms with E-state index in [1.807, 2.05) is 45.1 Å². The van der Waals surface area contributed by atoms with Crippen molar-refractivity contribution in [3.63, 3.8) is 0 Å². The molecule has 4 aromatic carbocycles. The number of aromatic nitrogens is 3. The zero-order valence-electron chi connectivity index (χ0n) is 47.8. The number of amides is 1. The van der Waals surface area contributed by atoms with Crippen LogP contribution in [0.25, 0.3) is 27.1 Å². The van der Waals surface area contributed by atoms with Crippen LogP contribution < -0.4 is 15.4 Å². The molecule has 472 valence electrons. The first-order chi connectivity index (χ1) is 40.8. The summed E-state index contributed by atoms with van der Waals surface area (Å²) in [5, 5.41) is 16.8. The van der Waals surface area contributed by atoms with Crippen LogP contribution in [0.3, 0.4) is 0 Å². The lowest BCUT2D eigenvalue weighted by atomic mass is 9.79. The number of ketones is 1. The number of benzene rings is 4. The molecule has 33 heteroatoms. The molecule has 0 bridgehead atoms. The highest BCUT2D eigenvalue weighted by molar-refractivity contribution is 7.91. The maximum atomic E-state index is 13.5. The number of primary sulfonamides is 1. The normalized spacial score (nSPS) is 15.6. The van der Waals surface area contributed by atoms with Crippen molar-refractivity contribution in [3.8, 4) is 0 Å². The van der Waals surface area contributed by atoms with E-state index in [9.17, 15) is 69.9 Å². The first kappa shape index (κ1) is 68.6. The fraction of sp³-hybridized carbons (Fsp3) is 0.345. The number of hydrogen-bond donors (Lipinski definition) is 6. The Balaban J connectivity index is 0.00000268. The van der Waals surface area contributed by atoms with E-state index < -0.39 is 93.4 Å². The first-order valence-corrected chi connectivity index (χ1v) is 36.1. The summed E-state index contributed by atoms with van der Waals surface area (Å²) in [6.07, 6.45) is 11.8. The second-order valence-corrected chi connectivity index (χ2v) is 30.6. The zero-order valence-corrected chi connectivity index (χ0v) is 53.5. The van der Waals surface area contributed by atoms with E-state index in [0.717, 1.165) is 52.6 Å². The standard InChI is InChI=1S/C55H61N7O16S6.O3S/c1-6-7-26-61-44-21-15-34-13-18-38(82(70,71)72)30-41(34)50(44)54(2,3)47(61)23-16-35(43-20-14-36(33-58-43)52(64)57-25-10-8-9-12-37(63)29-49-59-60-53(79-49)81(56,68)69)17-24-48-55(4,5)51-42-31-39(83(73,74)75)32-46(84(76,77)78)40(42)19-22-45(51)62(48)27-11-28-80(65,66)67;1-4(2)3/h13-24,30-33H,6-12,25-29H2,1-5H3,(H6-,56,57,64,65,66,67,68,69,70,71,72,73,74,75,76,77,78);/p+1. The van der Waals surface area contributed by atoms with Crippen LogP contribution in [0.15, 0.2) is 122 Å². The van der Waals surface area contributed by atoms with Crippen LogP contribution in [0.4, 0.5) is 11.4 Å². The summed E-state index contributed by atoms with van der Waals surface area (Å²) in [4.78, 5) is 30.7. The summed E-state index contributed by atoms with van der Waals surface area (Å²) >= 11 is 0.733. The molecule has 0 saturated heterocycles. The minimum atomic E-state index is -5.09. The number of unbranched alkanes of at least 4 members (excludes halogenated alkanes) is 3. The lowest BCUT2D eigenvalue weighted by molar-refractivity contribution is -0.438. The smallest absolute Gasteiger partial charge is 0.352 e. The van der Waals surface area contributed by atoms with Gasteiger partial charge in [0.2, 0.25) is 10.0 Å². The maximum absolute atomic E-state index is 13.5. The van der Waals surface area contributed by atoms with Gasteiger partial charge >= 0.3 is 10.6 Å². The highest BCUT2D eigenvalue weighted by atomic mass is 32.3. The van der Waals surface area contributed by atoms with Gasteiger partial charge in [-0.1, -0.05) is 63.2 Å². The van der Waals surface area contributed by atoms with E-state index in [4.69, 9.17) is 22.7 Å². The predicted molar refractivity (Wildman–Crippen MR) is 326 cm³/mol. The van der Waals surface area contributed by atoms with E-state index in [1.54, 1.807) is 49.1 Å². The number of fused-ring (bicyclic) bond motifs is 6. The highest BCUT2D eigenvalue weighted by Gasteiger charge is 2.46. The average Bonchev–Trinajstić information content (AvgIpc) is 1.55. The van der Waals surface area contributed by atoms with Crippen LogP contribution in [-0.4, -0.2) is 135 Å². The van der Waals surface area contributed by atoms with E-state index >= 15 is 0 Å². The van der Waals surface area contributed by atoms with Crippen molar-refractivity contribution in [1.82, 2.24) is 20.5 Å². The van der Waals surface area contributed by atoms with Gasteiger partial charge in [0.15, 0.2) is 5.71 Å². The topological polar surface area (TPSA) is 420 Å². The van der Waals surface area contributed by atoms with Crippen molar-refractivity contribution in [2.24, 2.45) is 5.14 Å². The number of sulfonamides is 1. The molecule has 6 aromatic rings. The van der Waals surface area contributed by atoms with Gasteiger partial charge in [-0.15, -0.1) is 22.8 Å². The number of carbonyl (C=O) groups is 2. The molecule has 0 atom stereocenters. The molecule has 4 heterocycles. The molecule has 0 unspecified atom stereocenters. The number of rotatable bonds is 24. The minimum absolute atomic E-state index is 0.0335. The van der Waals surface area contributed by atoms with Gasteiger partial charge in [-0.05, 0) is 116 Å². The Hall–Kier alpha value is -6.89. The van der Waals surface area contributed by atoms with Crippen LogP contribution in [0.2, 0.25) is 0 Å². The summed E-state index contributed by atoms with van der Waals surface area (Å²) in [6.45, 7) is 10.4. The second kappa shape index (κ2) is 26.7. The molecule has 2 aliphatic heterocycles. The lowest BCUT2D eigenvalue weighted by Gasteiger charge is -2.27. The van der Waals surface area contributed by atoms with Gasteiger partial charge in [-0.25, -0.2) is 13.6 Å². The van der Waals surface area contributed by atoms with Crippen molar-refractivity contribution < 1.29 is 87.1 Å². The number of anilines is 1. The zero-order chi connectivity index (χ0) is 65.1. The molecule has 0 spiro atoms. The van der Waals surface area contributed by atoms with Crippen LogP contribution in [-0.2, 0) is 83.1 Å². The van der Waals surface area contributed by atoms with Crippen LogP contribution in [0.1, 0.15) is 112 Å². The van der Waals surface area contributed by atoms with Crippen LogP contribution >= 0.6 is 11.3 Å². The fourth-order valence-corrected chi connectivity index (χ4v) is 14.6. The molecular formula is C55H62N7O19S7+. The monoisotopic (exact) mass is 1350 g/mol. The summed E-state index contributed by atoms with van der Waals surface area (Å²) in [7, 11) is -26.3. The summed E-state index contributed by atoms with van der Waals surface area (Å²) in [5.74, 6) is -1.24. The van der Waals surface area contributed by atoms with E-state index in [0.29, 0.717) is 65.5 Å². The van der Waals surface area contributed by atoms with Crippen molar-refractivity contribution in [3.05, 3.63) is 130 Å². The Labute approximate surface area is 514 Å². The van der Waals surface area contributed by atoms with Gasteiger partial charge < -0.3 is 10.2 Å². The van der Waals surface area contributed by atoms with Crippen molar-refractivity contribution >= 4 is 128 Å². The summed E-state index contributed by atoms with van der Waals surface area (Å²) in [5.41, 5.74) is 2.71. The molecule has 88 heavy (non-hydrogen) atoms. The molecule has 0 aliphatic carbocycles. The molecular weight excluding hydrogens is 1290 g/mol. The Morgan fingerprint density at radius 2 is 1.42 bits per heavy atom. The van der Waals surface area contributed by atoms with Gasteiger partial charge in [-0.2, -0.15) is 38.2 Å². The molecule has 1 amide bonds. The molecule has 2 aliphatic rings. The Kier molecular flexibility index (Phi) is 20.8. The Bertz CT molecular complexity index is 4630. The molecule has 2 aromatic heterocycles. The molecule has 7 N–H and O–H groups in total. The van der Waals surface area contributed by atoms with Crippen molar-refractivity contribution in [1.29, 1.82) is 0 Å². The number of nitrogens with one attached hydrogen (secondary N) is 1. The van der Waals surface area contributed by atoms with Gasteiger partial charge in [0.05, 0.1) is 38.6 Å². The molecule has 8 rings (SSSR count). The SMILES string of the molecule is CCCC[N+]1=C(/C=C/C(=C/C=C2/N(CCCS(=O)(=O)O)c3ccc4c(S(=O)(=O)O)cc(S(=O)(=O)O)cc4c3C2(C)C)c2ccc(C(=O)NCCCCCC(=O)Cc3nnc(S(N)(=O)=O)s3)cn2)C(C)(C)c2c1ccc1ccc(S(=O)(=O)O)cc21.O=S(=O)=O. The molecule has 0 fully saturated rings. The predicted octanol–water partition coefficient (Wildman–Crippen LogP) is 6.50. The van der Waals surface area contributed by atoms with Crippen LogP contribution in [0.5, 0.6) is 0 Å².